The molecule has 0 radical (unpaired) electrons. The predicted octanol–water partition coefficient (Wildman–Crippen LogP) is 4.30. The highest BCUT2D eigenvalue weighted by Crippen LogP contribution is 2.34. The van der Waals surface area contributed by atoms with E-state index < -0.39 is 0 Å². The van der Waals surface area contributed by atoms with Crippen LogP contribution in [-0.2, 0) is 6.54 Å². The molecule has 0 N–H and O–H groups in total. The average Bonchev–Trinajstić information content (AvgIpc) is 2.88. The summed E-state index contributed by atoms with van der Waals surface area (Å²) in [7, 11) is 0. The second kappa shape index (κ2) is 5.65. The topological polar surface area (TPSA) is 30.7 Å². The molecule has 0 amide bonds. The molecule has 1 aromatic heterocycles. The predicted molar refractivity (Wildman–Crippen MR) is 81.0 cm³/mol. The largest absolute Gasteiger partial charge is 0.240 e. The summed E-state index contributed by atoms with van der Waals surface area (Å²) >= 11 is 12.5. The Balaban J connectivity index is 2.03. The Bertz CT molecular complexity index is 703. The Labute approximate surface area is 126 Å². The van der Waals surface area contributed by atoms with Gasteiger partial charge < -0.3 is 0 Å². The summed E-state index contributed by atoms with van der Waals surface area (Å²) in [5.74, 6) is 0. The minimum Gasteiger partial charge on any atom is -0.240 e. The molecule has 5 heteroatoms. The van der Waals surface area contributed by atoms with Crippen molar-refractivity contribution in [3.8, 4) is 11.3 Å². The summed E-state index contributed by atoms with van der Waals surface area (Å²) in [6.07, 6.45) is 1.68. The molecule has 0 fully saturated rings. The molecule has 0 aliphatic heterocycles. The molecule has 0 atom stereocenters. The van der Waals surface area contributed by atoms with Crippen LogP contribution in [0.1, 0.15) is 5.56 Å². The lowest BCUT2D eigenvalue weighted by Gasteiger charge is -2.09. The van der Waals surface area contributed by atoms with Gasteiger partial charge in [0.2, 0.25) is 0 Å². The molecule has 0 spiro atoms. The number of hydrogen-bond acceptors (Lipinski definition) is 2. The van der Waals surface area contributed by atoms with E-state index in [4.69, 9.17) is 23.2 Å². The summed E-state index contributed by atoms with van der Waals surface area (Å²) in [6, 6.07) is 15.5. The first-order valence-electron chi connectivity index (χ1n) is 6.12. The monoisotopic (exact) mass is 303 g/mol. The van der Waals surface area contributed by atoms with Gasteiger partial charge in [-0.05, 0) is 17.7 Å². The number of halogens is 2. The van der Waals surface area contributed by atoms with Crippen molar-refractivity contribution in [2.45, 2.75) is 6.54 Å². The van der Waals surface area contributed by atoms with Crippen molar-refractivity contribution in [1.82, 2.24) is 15.0 Å². The van der Waals surface area contributed by atoms with Crippen LogP contribution in [-0.4, -0.2) is 15.0 Å². The van der Waals surface area contributed by atoms with Gasteiger partial charge in [0.05, 0.1) is 28.5 Å². The van der Waals surface area contributed by atoms with Crippen LogP contribution >= 0.6 is 23.2 Å². The van der Waals surface area contributed by atoms with E-state index in [9.17, 15) is 0 Å². The van der Waals surface area contributed by atoms with Crippen LogP contribution in [0.25, 0.3) is 11.3 Å². The van der Waals surface area contributed by atoms with Gasteiger partial charge in [-0.1, -0.05) is 64.8 Å². The summed E-state index contributed by atoms with van der Waals surface area (Å²) in [5, 5.41) is 9.28. The van der Waals surface area contributed by atoms with Crippen LogP contribution in [0.3, 0.4) is 0 Å². The normalized spacial score (nSPS) is 10.7. The van der Waals surface area contributed by atoms with Gasteiger partial charge in [0.1, 0.15) is 0 Å². The number of benzene rings is 2. The molecular weight excluding hydrogens is 293 g/mol. The van der Waals surface area contributed by atoms with Gasteiger partial charge >= 0.3 is 0 Å². The molecule has 3 rings (SSSR count). The quantitative estimate of drug-likeness (QED) is 0.722. The SMILES string of the molecule is Clc1cccc(Cl)c1-c1cnnn1Cc1ccccc1. The van der Waals surface area contributed by atoms with E-state index in [-0.39, 0.29) is 0 Å². The van der Waals surface area contributed by atoms with E-state index in [1.54, 1.807) is 10.9 Å². The van der Waals surface area contributed by atoms with E-state index >= 15 is 0 Å². The molecule has 0 bridgehead atoms. The van der Waals surface area contributed by atoms with Crippen LogP contribution in [0.15, 0.2) is 54.7 Å². The molecule has 0 unspecified atom stereocenters. The molecule has 2 aromatic carbocycles. The summed E-state index contributed by atoms with van der Waals surface area (Å²) < 4.78 is 1.79. The zero-order valence-corrected chi connectivity index (χ0v) is 12.0. The number of aromatic nitrogens is 3. The molecular formula is C15H11Cl2N3. The van der Waals surface area contributed by atoms with E-state index in [1.807, 2.05) is 48.5 Å². The minimum absolute atomic E-state index is 0.592. The Morgan fingerprint density at radius 2 is 1.60 bits per heavy atom. The van der Waals surface area contributed by atoms with Gasteiger partial charge in [-0.25, -0.2) is 4.68 Å². The van der Waals surface area contributed by atoms with Crippen LogP contribution in [0.2, 0.25) is 10.0 Å². The van der Waals surface area contributed by atoms with E-state index in [0.717, 1.165) is 16.8 Å². The van der Waals surface area contributed by atoms with Gasteiger partial charge in [0.25, 0.3) is 0 Å². The third-order valence-corrected chi connectivity index (χ3v) is 3.64. The molecule has 0 aliphatic carbocycles. The van der Waals surface area contributed by atoms with Crippen molar-refractivity contribution in [1.29, 1.82) is 0 Å². The Hall–Kier alpha value is -1.84. The highest BCUT2D eigenvalue weighted by atomic mass is 35.5. The van der Waals surface area contributed by atoms with Gasteiger partial charge in [-0.2, -0.15) is 0 Å². The molecule has 20 heavy (non-hydrogen) atoms. The Morgan fingerprint density at radius 3 is 2.30 bits per heavy atom. The molecule has 0 saturated heterocycles. The van der Waals surface area contributed by atoms with Crippen LogP contribution in [0, 0.1) is 0 Å². The summed E-state index contributed by atoms with van der Waals surface area (Å²) in [4.78, 5) is 0. The maximum atomic E-state index is 6.24. The molecule has 3 aromatic rings. The second-order valence-corrected chi connectivity index (χ2v) is 5.17. The lowest BCUT2D eigenvalue weighted by atomic mass is 10.1. The molecule has 3 nitrogen and oxygen atoms in total. The van der Waals surface area contributed by atoms with Gasteiger partial charge in [-0.15, -0.1) is 5.10 Å². The lowest BCUT2D eigenvalue weighted by molar-refractivity contribution is 0.655. The fourth-order valence-electron chi connectivity index (χ4n) is 2.07. The highest BCUT2D eigenvalue weighted by Gasteiger charge is 2.14. The molecule has 100 valence electrons. The van der Waals surface area contributed by atoms with E-state index in [1.165, 1.54) is 0 Å². The molecule has 0 aliphatic rings. The van der Waals surface area contributed by atoms with Gasteiger partial charge in [0, 0.05) is 5.56 Å². The first-order valence-corrected chi connectivity index (χ1v) is 6.88. The van der Waals surface area contributed by atoms with Gasteiger partial charge in [0.15, 0.2) is 0 Å². The Kier molecular flexibility index (Phi) is 3.72. The van der Waals surface area contributed by atoms with Crippen LogP contribution in [0.4, 0.5) is 0 Å². The lowest BCUT2D eigenvalue weighted by Crippen LogP contribution is -2.04. The maximum absolute atomic E-state index is 6.24. The highest BCUT2D eigenvalue weighted by molar-refractivity contribution is 6.39. The van der Waals surface area contributed by atoms with E-state index in [0.29, 0.717) is 16.6 Å². The zero-order valence-electron chi connectivity index (χ0n) is 10.5. The number of rotatable bonds is 3. The number of hydrogen-bond donors (Lipinski definition) is 0. The Morgan fingerprint density at radius 1 is 0.900 bits per heavy atom. The van der Waals surface area contributed by atoms with Crippen molar-refractivity contribution < 1.29 is 0 Å². The number of nitrogens with zero attached hydrogens (tertiary/aromatic N) is 3. The van der Waals surface area contributed by atoms with Crippen molar-refractivity contribution in [2.24, 2.45) is 0 Å². The fraction of sp³-hybridized carbons (Fsp3) is 0.0667. The summed E-state index contributed by atoms with van der Waals surface area (Å²) in [6.45, 7) is 0.623. The molecule has 0 saturated carbocycles. The van der Waals surface area contributed by atoms with Crippen LogP contribution in [0.5, 0.6) is 0 Å². The minimum atomic E-state index is 0.592. The van der Waals surface area contributed by atoms with E-state index in [2.05, 4.69) is 10.3 Å². The molecule has 1 heterocycles. The van der Waals surface area contributed by atoms with Crippen molar-refractivity contribution >= 4 is 23.2 Å². The van der Waals surface area contributed by atoms with Crippen LogP contribution < -0.4 is 0 Å². The van der Waals surface area contributed by atoms with Gasteiger partial charge in [-0.3, -0.25) is 0 Å². The second-order valence-electron chi connectivity index (χ2n) is 4.36. The third-order valence-electron chi connectivity index (χ3n) is 3.01. The average molecular weight is 304 g/mol. The standard InChI is InChI=1S/C15H11Cl2N3/c16-12-7-4-8-13(17)15(12)14-9-18-19-20(14)10-11-5-2-1-3-6-11/h1-9H,10H2. The van der Waals surface area contributed by atoms with Crippen molar-refractivity contribution in [3.63, 3.8) is 0 Å². The van der Waals surface area contributed by atoms with Crippen molar-refractivity contribution in [2.75, 3.05) is 0 Å². The summed E-state index contributed by atoms with van der Waals surface area (Å²) in [5.41, 5.74) is 2.71. The maximum Gasteiger partial charge on any atom is 0.0919 e. The smallest absolute Gasteiger partial charge is 0.0919 e. The zero-order chi connectivity index (χ0) is 13.9. The first-order chi connectivity index (χ1) is 9.75. The first kappa shape index (κ1) is 13.2. The van der Waals surface area contributed by atoms with Crippen molar-refractivity contribution in [3.05, 3.63) is 70.3 Å². The third kappa shape index (κ3) is 2.55. The fourth-order valence-corrected chi connectivity index (χ4v) is 2.66.